The molecule has 1 aromatic heterocycles. The Labute approximate surface area is 86.0 Å². The van der Waals surface area contributed by atoms with Crippen molar-refractivity contribution in [3.8, 4) is 0 Å². The van der Waals surface area contributed by atoms with Gasteiger partial charge in [0.15, 0.2) is 0 Å². The van der Waals surface area contributed by atoms with Crippen molar-refractivity contribution < 1.29 is 9.53 Å². The Bertz CT molecular complexity index is 312. The van der Waals surface area contributed by atoms with E-state index in [4.69, 9.17) is 0 Å². The predicted octanol–water partition coefficient (Wildman–Crippen LogP) is 0.347. The first kappa shape index (κ1) is 11.0. The van der Waals surface area contributed by atoms with Gasteiger partial charge in [-0.05, 0) is 10.4 Å². The molecule has 0 bridgehead atoms. The van der Waals surface area contributed by atoms with Crippen LogP contribution in [0.15, 0.2) is 5.16 Å². The Balaban J connectivity index is 2.67. The van der Waals surface area contributed by atoms with Gasteiger partial charge in [-0.15, -0.1) is 5.10 Å². The Morgan fingerprint density at radius 3 is 2.93 bits per heavy atom. The van der Waals surface area contributed by atoms with E-state index >= 15 is 0 Å². The summed E-state index contributed by atoms with van der Waals surface area (Å²) >= 11 is 1.50. The Kier molecular flexibility index (Phi) is 3.87. The molecule has 0 fully saturated rings. The summed E-state index contributed by atoms with van der Waals surface area (Å²) < 4.78 is 5.95. The third-order valence-corrected chi connectivity index (χ3v) is 2.32. The first-order chi connectivity index (χ1) is 6.63. The lowest BCUT2D eigenvalue weighted by Gasteiger charge is -2.04. The average molecular weight is 216 g/mol. The normalized spacial score (nSPS) is 10.6. The Morgan fingerprint density at radius 2 is 2.36 bits per heavy atom. The van der Waals surface area contributed by atoms with E-state index in [1.54, 1.807) is 0 Å². The highest BCUT2D eigenvalue weighted by Gasteiger charge is 2.11. The van der Waals surface area contributed by atoms with Crippen molar-refractivity contribution >= 4 is 17.7 Å². The minimum absolute atomic E-state index is 0.0541. The van der Waals surface area contributed by atoms with E-state index in [2.05, 4.69) is 20.3 Å². The van der Waals surface area contributed by atoms with Gasteiger partial charge in [0.1, 0.15) is 6.54 Å². The molecular formula is C7H12N4O2S. The summed E-state index contributed by atoms with van der Waals surface area (Å²) in [5.74, 6) is -0.358. The van der Waals surface area contributed by atoms with E-state index in [1.165, 1.54) is 23.6 Å². The van der Waals surface area contributed by atoms with Crippen molar-refractivity contribution in [3.05, 3.63) is 0 Å². The number of ether oxygens (including phenoxy) is 1. The minimum Gasteiger partial charge on any atom is -0.468 e. The molecular weight excluding hydrogens is 204 g/mol. The fraction of sp³-hybridized carbons (Fsp3) is 0.714. The Hall–Kier alpha value is -1.11. The van der Waals surface area contributed by atoms with Gasteiger partial charge in [0.2, 0.25) is 5.16 Å². The van der Waals surface area contributed by atoms with Crippen molar-refractivity contribution in [1.82, 2.24) is 20.2 Å². The van der Waals surface area contributed by atoms with Crippen LogP contribution < -0.4 is 0 Å². The summed E-state index contributed by atoms with van der Waals surface area (Å²) in [5.41, 5.74) is 0. The third kappa shape index (κ3) is 2.99. The summed E-state index contributed by atoms with van der Waals surface area (Å²) in [5, 5.41) is 12.0. The molecule has 0 aliphatic rings. The highest BCUT2D eigenvalue weighted by Crippen LogP contribution is 2.18. The molecule has 1 rings (SSSR count). The van der Waals surface area contributed by atoms with Crippen LogP contribution in [0.1, 0.15) is 13.8 Å². The standard InChI is InChI=1S/C7H12N4O2S/c1-5(2)14-7-8-9-10-11(7)4-6(12)13-3/h5H,4H2,1-3H3. The number of carbonyl (C=O) groups excluding carboxylic acids is 1. The molecule has 0 saturated heterocycles. The molecule has 0 unspecified atom stereocenters. The van der Waals surface area contributed by atoms with Crippen LogP contribution in [0.4, 0.5) is 0 Å². The zero-order chi connectivity index (χ0) is 10.6. The summed E-state index contributed by atoms with van der Waals surface area (Å²) in [6.45, 7) is 4.11. The second-order valence-corrected chi connectivity index (χ2v) is 4.41. The first-order valence-corrected chi connectivity index (χ1v) is 5.01. The van der Waals surface area contributed by atoms with Gasteiger partial charge in [-0.1, -0.05) is 25.6 Å². The minimum atomic E-state index is -0.358. The maximum absolute atomic E-state index is 11.0. The van der Waals surface area contributed by atoms with Crippen LogP contribution in [-0.4, -0.2) is 38.5 Å². The lowest BCUT2D eigenvalue weighted by atomic mass is 10.6. The lowest BCUT2D eigenvalue weighted by molar-refractivity contribution is -0.141. The second-order valence-electron chi connectivity index (χ2n) is 2.86. The van der Waals surface area contributed by atoms with Crippen LogP contribution in [0.2, 0.25) is 0 Å². The molecule has 0 spiro atoms. The quantitative estimate of drug-likeness (QED) is 0.534. The van der Waals surface area contributed by atoms with Crippen LogP contribution >= 0.6 is 11.8 Å². The van der Waals surface area contributed by atoms with Gasteiger partial charge in [0, 0.05) is 5.25 Å². The molecule has 0 amide bonds. The summed E-state index contributed by atoms with van der Waals surface area (Å²) in [6, 6.07) is 0. The molecule has 14 heavy (non-hydrogen) atoms. The molecule has 7 heteroatoms. The smallest absolute Gasteiger partial charge is 0.327 e. The molecule has 1 aromatic rings. The van der Waals surface area contributed by atoms with E-state index in [-0.39, 0.29) is 12.5 Å². The molecule has 0 aliphatic carbocycles. The number of carbonyl (C=O) groups is 1. The van der Waals surface area contributed by atoms with Crippen LogP contribution in [-0.2, 0) is 16.1 Å². The number of methoxy groups -OCH3 is 1. The van der Waals surface area contributed by atoms with Crippen molar-refractivity contribution in [2.45, 2.75) is 30.8 Å². The molecule has 0 aromatic carbocycles. The van der Waals surface area contributed by atoms with Crippen LogP contribution in [0, 0.1) is 0 Å². The molecule has 78 valence electrons. The lowest BCUT2D eigenvalue weighted by Crippen LogP contribution is -2.14. The third-order valence-electron chi connectivity index (χ3n) is 1.35. The van der Waals surface area contributed by atoms with Gasteiger partial charge in [0.05, 0.1) is 7.11 Å². The van der Waals surface area contributed by atoms with Crippen LogP contribution in [0.25, 0.3) is 0 Å². The van der Waals surface area contributed by atoms with Gasteiger partial charge in [0.25, 0.3) is 0 Å². The van der Waals surface area contributed by atoms with Crippen LogP contribution in [0.5, 0.6) is 0 Å². The van der Waals surface area contributed by atoms with Gasteiger partial charge >= 0.3 is 5.97 Å². The topological polar surface area (TPSA) is 69.9 Å². The molecule has 0 radical (unpaired) electrons. The summed E-state index contributed by atoms with van der Waals surface area (Å²) in [7, 11) is 1.34. The SMILES string of the molecule is COC(=O)Cn1nnnc1SC(C)C. The number of thioether (sulfide) groups is 1. The van der Waals surface area contributed by atoms with E-state index < -0.39 is 0 Å². The van der Waals surface area contributed by atoms with E-state index in [1.807, 2.05) is 13.8 Å². The van der Waals surface area contributed by atoms with Crippen molar-refractivity contribution in [2.75, 3.05) is 7.11 Å². The number of nitrogens with zero attached hydrogens (tertiary/aromatic N) is 4. The number of esters is 1. The number of aromatic nitrogens is 4. The second kappa shape index (κ2) is 4.94. The molecule has 0 N–H and O–H groups in total. The summed E-state index contributed by atoms with van der Waals surface area (Å²) in [6.07, 6.45) is 0. The van der Waals surface area contributed by atoms with E-state index in [0.29, 0.717) is 10.4 Å². The van der Waals surface area contributed by atoms with Gasteiger partial charge in [-0.3, -0.25) is 4.79 Å². The van der Waals surface area contributed by atoms with Gasteiger partial charge in [-0.2, -0.15) is 0 Å². The predicted molar refractivity (Wildman–Crippen MR) is 50.8 cm³/mol. The zero-order valence-electron chi connectivity index (χ0n) is 8.30. The molecule has 0 aliphatic heterocycles. The molecule has 0 atom stereocenters. The molecule has 6 nitrogen and oxygen atoms in total. The van der Waals surface area contributed by atoms with Gasteiger partial charge in [-0.25, -0.2) is 4.68 Å². The molecule has 0 saturated carbocycles. The average Bonchev–Trinajstić information content (AvgIpc) is 2.52. The molecule has 1 heterocycles. The zero-order valence-corrected chi connectivity index (χ0v) is 9.11. The van der Waals surface area contributed by atoms with Crippen molar-refractivity contribution in [1.29, 1.82) is 0 Å². The Morgan fingerprint density at radius 1 is 1.64 bits per heavy atom. The monoisotopic (exact) mass is 216 g/mol. The number of tetrazole rings is 1. The number of hydrogen-bond donors (Lipinski definition) is 0. The highest BCUT2D eigenvalue weighted by molar-refractivity contribution is 7.99. The maximum atomic E-state index is 11.0. The maximum Gasteiger partial charge on any atom is 0.327 e. The van der Waals surface area contributed by atoms with Gasteiger partial charge < -0.3 is 4.74 Å². The van der Waals surface area contributed by atoms with Crippen molar-refractivity contribution in [2.24, 2.45) is 0 Å². The largest absolute Gasteiger partial charge is 0.468 e. The number of hydrogen-bond acceptors (Lipinski definition) is 6. The fourth-order valence-corrected chi connectivity index (χ4v) is 1.51. The summed E-state index contributed by atoms with van der Waals surface area (Å²) in [4.78, 5) is 11.0. The first-order valence-electron chi connectivity index (χ1n) is 4.13. The van der Waals surface area contributed by atoms with E-state index in [0.717, 1.165) is 0 Å². The van der Waals surface area contributed by atoms with E-state index in [9.17, 15) is 4.79 Å². The van der Waals surface area contributed by atoms with Crippen molar-refractivity contribution in [3.63, 3.8) is 0 Å². The highest BCUT2D eigenvalue weighted by atomic mass is 32.2. The fourth-order valence-electron chi connectivity index (χ4n) is 0.778. The number of rotatable bonds is 4. The van der Waals surface area contributed by atoms with Crippen LogP contribution in [0.3, 0.4) is 0 Å².